The topological polar surface area (TPSA) is 78.9 Å². The van der Waals surface area contributed by atoms with Crippen LogP contribution in [0.1, 0.15) is 310 Å². The molecule has 0 aromatic carbocycles. The Hall–Kier alpha value is -3.15. The van der Waals surface area contributed by atoms with Crippen LogP contribution in [0.25, 0.3) is 0 Å². The highest BCUT2D eigenvalue weighted by Crippen LogP contribution is 2.16. The molecule has 0 heterocycles. The van der Waals surface area contributed by atoms with E-state index in [0.29, 0.717) is 19.3 Å². The van der Waals surface area contributed by atoms with Crippen LogP contribution in [0.2, 0.25) is 0 Å². The summed E-state index contributed by atoms with van der Waals surface area (Å²) in [5.41, 5.74) is 0. The van der Waals surface area contributed by atoms with Gasteiger partial charge in [-0.3, -0.25) is 14.4 Å². The van der Waals surface area contributed by atoms with E-state index in [1.54, 1.807) is 0 Å². The molecule has 72 heavy (non-hydrogen) atoms. The van der Waals surface area contributed by atoms with Gasteiger partial charge in [0.25, 0.3) is 0 Å². The summed E-state index contributed by atoms with van der Waals surface area (Å²) < 4.78 is 16.9. The molecular formula is C66H116O6. The molecule has 6 nitrogen and oxygen atoms in total. The minimum atomic E-state index is -0.776. The predicted octanol–water partition coefficient (Wildman–Crippen LogP) is 20.9. The molecule has 1 atom stereocenters. The molecule has 0 spiro atoms. The van der Waals surface area contributed by atoms with Crippen LogP contribution in [0.4, 0.5) is 0 Å². The van der Waals surface area contributed by atoms with E-state index in [1.165, 1.54) is 180 Å². The second-order valence-corrected chi connectivity index (χ2v) is 20.6. The minimum Gasteiger partial charge on any atom is -0.462 e. The molecule has 0 aromatic heterocycles. The van der Waals surface area contributed by atoms with Gasteiger partial charge in [0.1, 0.15) is 13.2 Å². The van der Waals surface area contributed by atoms with Gasteiger partial charge in [-0.05, 0) is 89.9 Å². The van der Waals surface area contributed by atoms with E-state index in [9.17, 15) is 14.4 Å². The average Bonchev–Trinajstić information content (AvgIpc) is 3.38. The Kier molecular flexibility index (Phi) is 57.8. The molecule has 0 aromatic rings. The first-order valence-corrected chi connectivity index (χ1v) is 30.9. The number of allylic oxidation sites excluding steroid dienone is 12. The minimum absolute atomic E-state index is 0.0749. The molecule has 6 heteroatoms. The molecule has 0 N–H and O–H groups in total. The van der Waals surface area contributed by atoms with Gasteiger partial charge in [0.05, 0.1) is 0 Å². The summed E-state index contributed by atoms with van der Waals surface area (Å²) >= 11 is 0. The van der Waals surface area contributed by atoms with Crippen LogP contribution in [0.3, 0.4) is 0 Å². The fourth-order valence-electron chi connectivity index (χ4n) is 8.82. The molecule has 0 saturated heterocycles. The lowest BCUT2D eigenvalue weighted by Gasteiger charge is -2.18. The first-order valence-electron chi connectivity index (χ1n) is 30.9. The number of unbranched alkanes of at least 4 members (excludes halogenated alkanes) is 33. The van der Waals surface area contributed by atoms with Gasteiger partial charge in [0, 0.05) is 19.3 Å². The molecule has 0 aliphatic heterocycles. The van der Waals surface area contributed by atoms with Crippen LogP contribution in [0.5, 0.6) is 0 Å². The Morgan fingerprint density at radius 2 is 0.542 bits per heavy atom. The van der Waals surface area contributed by atoms with Crippen molar-refractivity contribution in [1.29, 1.82) is 0 Å². The first-order chi connectivity index (χ1) is 35.5. The van der Waals surface area contributed by atoms with Crippen molar-refractivity contribution >= 4 is 17.9 Å². The van der Waals surface area contributed by atoms with E-state index in [2.05, 4.69) is 93.7 Å². The van der Waals surface area contributed by atoms with E-state index < -0.39 is 6.10 Å². The van der Waals surface area contributed by atoms with Crippen LogP contribution in [0.15, 0.2) is 72.9 Å². The Labute approximate surface area is 446 Å². The normalized spacial score (nSPS) is 12.5. The van der Waals surface area contributed by atoms with Gasteiger partial charge in [0.2, 0.25) is 0 Å². The van der Waals surface area contributed by atoms with Gasteiger partial charge >= 0.3 is 17.9 Å². The molecule has 416 valence electrons. The van der Waals surface area contributed by atoms with Crippen molar-refractivity contribution in [3.05, 3.63) is 72.9 Å². The lowest BCUT2D eigenvalue weighted by Crippen LogP contribution is -2.30. The number of ether oxygens (including phenoxy) is 3. The van der Waals surface area contributed by atoms with Crippen molar-refractivity contribution in [2.45, 2.75) is 316 Å². The monoisotopic (exact) mass is 1000 g/mol. The van der Waals surface area contributed by atoms with Crippen molar-refractivity contribution in [2.75, 3.05) is 13.2 Å². The Morgan fingerprint density at radius 1 is 0.292 bits per heavy atom. The molecule has 0 bridgehead atoms. The zero-order valence-electron chi connectivity index (χ0n) is 47.7. The number of esters is 3. The maximum atomic E-state index is 12.9. The summed E-state index contributed by atoms with van der Waals surface area (Å²) in [6.07, 6.45) is 77.7. The summed E-state index contributed by atoms with van der Waals surface area (Å²) in [6.45, 7) is 6.51. The SMILES string of the molecule is CC/C=C\C/C=C\C/C=C\C/C=C\CCCCCCCCCCCCCCC(=O)OCC(COC(=O)CCCCCCCCCC)OC(=O)CCCCCCCCCCC/C=C\C/C=C\CCCCCCC. The van der Waals surface area contributed by atoms with Crippen molar-refractivity contribution in [3.8, 4) is 0 Å². The van der Waals surface area contributed by atoms with Gasteiger partial charge in [-0.25, -0.2) is 0 Å². The Balaban J connectivity index is 4.18. The van der Waals surface area contributed by atoms with Gasteiger partial charge in [-0.2, -0.15) is 0 Å². The smallest absolute Gasteiger partial charge is 0.306 e. The molecule has 0 amide bonds. The largest absolute Gasteiger partial charge is 0.462 e. The third-order valence-electron chi connectivity index (χ3n) is 13.4. The highest BCUT2D eigenvalue weighted by atomic mass is 16.6. The molecule has 0 radical (unpaired) electrons. The summed E-state index contributed by atoms with van der Waals surface area (Å²) in [6, 6.07) is 0. The fourth-order valence-corrected chi connectivity index (χ4v) is 8.82. The third-order valence-corrected chi connectivity index (χ3v) is 13.4. The maximum Gasteiger partial charge on any atom is 0.306 e. The van der Waals surface area contributed by atoms with Gasteiger partial charge in [0.15, 0.2) is 6.10 Å². The summed E-state index contributed by atoms with van der Waals surface area (Å²) in [5, 5.41) is 0. The summed E-state index contributed by atoms with van der Waals surface area (Å²) in [4.78, 5) is 38.1. The molecular weight excluding hydrogens is 889 g/mol. The zero-order chi connectivity index (χ0) is 52.2. The van der Waals surface area contributed by atoms with E-state index in [0.717, 1.165) is 89.9 Å². The quantitative estimate of drug-likeness (QED) is 0.0261. The predicted molar refractivity (Wildman–Crippen MR) is 311 cm³/mol. The van der Waals surface area contributed by atoms with Crippen LogP contribution < -0.4 is 0 Å². The van der Waals surface area contributed by atoms with Gasteiger partial charge in [-0.15, -0.1) is 0 Å². The molecule has 0 fully saturated rings. The number of carbonyl (C=O) groups excluding carboxylic acids is 3. The third kappa shape index (κ3) is 57.7. The van der Waals surface area contributed by atoms with E-state index in [4.69, 9.17) is 14.2 Å². The molecule has 0 aliphatic carbocycles. The van der Waals surface area contributed by atoms with E-state index >= 15 is 0 Å². The second-order valence-electron chi connectivity index (χ2n) is 20.6. The van der Waals surface area contributed by atoms with Crippen LogP contribution >= 0.6 is 0 Å². The molecule has 1 unspecified atom stereocenters. The number of hydrogen-bond acceptors (Lipinski definition) is 6. The fraction of sp³-hybridized carbons (Fsp3) is 0.773. The summed E-state index contributed by atoms with van der Waals surface area (Å²) in [5.74, 6) is -0.874. The van der Waals surface area contributed by atoms with E-state index in [-0.39, 0.29) is 31.1 Å². The first kappa shape index (κ1) is 68.8. The highest BCUT2D eigenvalue weighted by molar-refractivity contribution is 5.71. The maximum absolute atomic E-state index is 12.9. The van der Waals surface area contributed by atoms with Gasteiger partial charge in [-0.1, -0.05) is 273 Å². The van der Waals surface area contributed by atoms with Gasteiger partial charge < -0.3 is 14.2 Å². The van der Waals surface area contributed by atoms with Crippen molar-refractivity contribution in [1.82, 2.24) is 0 Å². The highest BCUT2D eigenvalue weighted by Gasteiger charge is 2.19. The number of carbonyl (C=O) groups is 3. The standard InChI is InChI=1S/C66H116O6/c1-4-7-10-13-16-19-21-23-25-27-29-31-32-33-34-36-37-39-41-43-45-47-50-53-56-59-65(68)71-62-63(61-70-64(67)58-55-52-49-18-15-12-9-6-3)72-66(69)60-57-54-51-48-46-44-42-40-38-35-30-28-26-24-22-20-17-14-11-8-5-2/h7,10,16,19,22-25,28-31,63H,4-6,8-9,11-15,17-18,20-21,26-27,32-62H2,1-3H3/b10-7-,19-16-,24-22-,25-23-,30-28-,31-29-. The Bertz CT molecular complexity index is 1340. The van der Waals surface area contributed by atoms with Crippen molar-refractivity contribution in [3.63, 3.8) is 0 Å². The van der Waals surface area contributed by atoms with Crippen LogP contribution in [0, 0.1) is 0 Å². The molecule has 0 aliphatic rings. The summed E-state index contributed by atoms with van der Waals surface area (Å²) in [7, 11) is 0. The van der Waals surface area contributed by atoms with Crippen molar-refractivity contribution < 1.29 is 28.6 Å². The second kappa shape index (κ2) is 60.4. The number of hydrogen-bond donors (Lipinski definition) is 0. The van der Waals surface area contributed by atoms with Crippen molar-refractivity contribution in [2.24, 2.45) is 0 Å². The Morgan fingerprint density at radius 3 is 0.847 bits per heavy atom. The lowest BCUT2D eigenvalue weighted by atomic mass is 10.0. The zero-order valence-corrected chi connectivity index (χ0v) is 47.7. The van der Waals surface area contributed by atoms with E-state index in [1.807, 2.05) is 0 Å². The lowest BCUT2D eigenvalue weighted by molar-refractivity contribution is -0.167. The molecule has 0 saturated carbocycles. The van der Waals surface area contributed by atoms with Crippen LogP contribution in [-0.2, 0) is 28.6 Å². The number of rotatable bonds is 56. The average molecular weight is 1010 g/mol. The van der Waals surface area contributed by atoms with Crippen LogP contribution in [-0.4, -0.2) is 37.2 Å². The molecule has 0 rings (SSSR count).